The molecule has 2 aliphatic heterocycles. The highest BCUT2D eigenvalue weighted by Gasteiger charge is 2.22. The summed E-state index contributed by atoms with van der Waals surface area (Å²) in [5.41, 5.74) is 0. The maximum absolute atomic E-state index is 6.08. The van der Waals surface area contributed by atoms with E-state index in [2.05, 4.69) is 4.98 Å². The van der Waals surface area contributed by atoms with Crippen molar-refractivity contribution in [3.8, 4) is 34.6 Å². The molecule has 0 radical (unpaired) electrons. The zero-order chi connectivity index (χ0) is 33.8. The van der Waals surface area contributed by atoms with Crippen molar-refractivity contribution >= 4 is 21.5 Å². The van der Waals surface area contributed by atoms with Crippen molar-refractivity contribution in [1.29, 1.82) is 0 Å². The van der Waals surface area contributed by atoms with Gasteiger partial charge in [0.1, 0.15) is 54.2 Å². The highest BCUT2D eigenvalue weighted by atomic mass is 16.6. The van der Waals surface area contributed by atoms with Crippen molar-refractivity contribution in [1.82, 2.24) is 4.98 Å². The Balaban J connectivity index is 0.828. The Kier molecular flexibility index (Phi) is 11.9. The Bertz CT molecular complexity index is 1680. The normalized spacial score (nSPS) is 16.4. The van der Waals surface area contributed by atoms with Crippen LogP contribution >= 0.6 is 0 Å². The summed E-state index contributed by atoms with van der Waals surface area (Å²) in [6.45, 7) is 7.00. The van der Waals surface area contributed by atoms with Crippen LogP contribution in [0.3, 0.4) is 0 Å². The molecule has 50 heavy (non-hydrogen) atoms. The van der Waals surface area contributed by atoms with Gasteiger partial charge in [0.25, 0.3) is 0 Å². The fraction of sp³-hybridized carbons (Fsp3) is 0.359. The van der Waals surface area contributed by atoms with Crippen LogP contribution in [-0.2, 0) is 28.4 Å². The molecule has 1 aromatic heterocycles. The van der Waals surface area contributed by atoms with Crippen LogP contribution in [0.25, 0.3) is 21.5 Å². The Hall–Kier alpha value is -4.49. The first-order valence-corrected chi connectivity index (χ1v) is 16.9. The Morgan fingerprint density at radius 2 is 0.880 bits per heavy atom. The molecular formula is C39H41NO10. The summed E-state index contributed by atoms with van der Waals surface area (Å²) in [5.74, 6) is 4.05. The standard InChI is InChI=1S/C39H41NO10/c1-5-32(45-17-15-41-11-13-43-24-37-26-47-37)19-28-3-7-34(21-30(1)28)49-36-9-10-39(40-23-36)50-35-8-4-29-20-33(6-2-31(29)22-35)46-18-16-42-12-14-44-25-38-27-48-38/h1-10,19-23,37-38H,11-18,24-27H2. The van der Waals surface area contributed by atoms with E-state index in [1.54, 1.807) is 12.3 Å². The van der Waals surface area contributed by atoms with Gasteiger partial charge in [0.15, 0.2) is 0 Å². The van der Waals surface area contributed by atoms with Gasteiger partial charge in [-0.2, -0.15) is 0 Å². The minimum atomic E-state index is 0.277. The average Bonchev–Trinajstić information content (AvgIpc) is 4.08. The van der Waals surface area contributed by atoms with Crippen LogP contribution in [0.5, 0.6) is 34.6 Å². The summed E-state index contributed by atoms with van der Waals surface area (Å²) < 4.78 is 56.1. The van der Waals surface area contributed by atoms with Crippen LogP contribution in [0.15, 0.2) is 91.1 Å². The molecule has 0 N–H and O–H groups in total. The molecule has 0 bridgehead atoms. The van der Waals surface area contributed by atoms with Crippen molar-refractivity contribution in [2.24, 2.45) is 0 Å². The van der Waals surface area contributed by atoms with Gasteiger partial charge < -0.3 is 47.4 Å². The minimum absolute atomic E-state index is 0.277. The van der Waals surface area contributed by atoms with E-state index in [9.17, 15) is 0 Å². The predicted octanol–water partition coefficient (Wildman–Crippen LogP) is 6.59. The van der Waals surface area contributed by atoms with Gasteiger partial charge in [0.2, 0.25) is 5.88 Å². The third-order valence-electron chi connectivity index (χ3n) is 7.88. The van der Waals surface area contributed by atoms with Crippen molar-refractivity contribution < 1.29 is 47.4 Å². The van der Waals surface area contributed by atoms with Crippen LogP contribution in [0.1, 0.15) is 0 Å². The number of epoxide rings is 2. The summed E-state index contributed by atoms with van der Waals surface area (Å²) >= 11 is 0. The molecular weight excluding hydrogens is 642 g/mol. The highest BCUT2D eigenvalue weighted by Crippen LogP contribution is 2.30. The molecule has 2 aliphatic rings. The second-order valence-corrected chi connectivity index (χ2v) is 11.9. The van der Waals surface area contributed by atoms with E-state index in [1.165, 1.54) is 0 Å². The molecule has 2 saturated heterocycles. The van der Waals surface area contributed by atoms with Crippen molar-refractivity contribution in [3.63, 3.8) is 0 Å². The number of rotatable bonds is 22. The van der Waals surface area contributed by atoms with Crippen LogP contribution in [0.4, 0.5) is 0 Å². The third kappa shape index (κ3) is 10.8. The number of fused-ring (bicyclic) bond motifs is 2. The molecule has 2 atom stereocenters. The molecule has 0 aliphatic carbocycles. The molecule has 5 aromatic rings. The molecule has 0 amide bonds. The van der Waals surface area contributed by atoms with Crippen molar-refractivity contribution in [2.45, 2.75) is 12.2 Å². The largest absolute Gasteiger partial charge is 0.491 e. The lowest BCUT2D eigenvalue weighted by molar-refractivity contribution is 0.0317. The van der Waals surface area contributed by atoms with Gasteiger partial charge in [-0.15, -0.1) is 0 Å². The molecule has 2 fully saturated rings. The van der Waals surface area contributed by atoms with Crippen LogP contribution in [0, 0.1) is 0 Å². The molecule has 0 saturated carbocycles. The fourth-order valence-electron chi connectivity index (χ4n) is 5.09. The second-order valence-electron chi connectivity index (χ2n) is 11.9. The fourth-order valence-corrected chi connectivity index (χ4v) is 5.09. The number of hydrogen-bond acceptors (Lipinski definition) is 11. The summed E-state index contributed by atoms with van der Waals surface area (Å²) in [6.07, 6.45) is 2.20. The van der Waals surface area contributed by atoms with Gasteiger partial charge in [-0.05, 0) is 76.1 Å². The summed E-state index contributed by atoms with van der Waals surface area (Å²) in [5, 5.41) is 4.17. The molecule has 3 heterocycles. The molecule has 2 unspecified atom stereocenters. The molecule has 4 aromatic carbocycles. The van der Waals surface area contributed by atoms with Crippen LogP contribution in [-0.4, -0.2) is 96.5 Å². The maximum atomic E-state index is 6.08. The molecule has 7 rings (SSSR count). The summed E-state index contributed by atoms with van der Waals surface area (Å²) in [7, 11) is 0. The highest BCUT2D eigenvalue weighted by molar-refractivity contribution is 5.86. The lowest BCUT2D eigenvalue weighted by Gasteiger charge is -2.11. The lowest BCUT2D eigenvalue weighted by atomic mass is 10.1. The van der Waals surface area contributed by atoms with Gasteiger partial charge in [-0.3, -0.25) is 0 Å². The van der Waals surface area contributed by atoms with Gasteiger partial charge in [-0.25, -0.2) is 4.98 Å². The zero-order valence-electron chi connectivity index (χ0n) is 27.8. The third-order valence-corrected chi connectivity index (χ3v) is 7.88. The smallest absolute Gasteiger partial charge is 0.219 e. The molecule has 0 spiro atoms. The molecule has 262 valence electrons. The number of nitrogens with zero attached hydrogens (tertiary/aromatic N) is 1. The summed E-state index contributed by atoms with van der Waals surface area (Å²) in [6, 6.07) is 27.4. The number of hydrogen-bond donors (Lipinski definition) is 0. The van der Waals surface area contributed by atoms with E-state index in [-0.39, 0.29) is 12.2 Å². The first-order chi connectivity index (χ1) is 24.7. The Morgan fingerprint density at radius 3 is 1.36 bits per heavy atom. The average molecular weight is 684 g/mol. The van der Waals surface area contributed by atoms with Crippen LogP contribution < -0.4 is 18.9 Å². The monoisotopic (exact) mass is 683 g/mol. The van der Waals surface area contributed by atoms with Crippen LogP contribution in [0.2, 0.25) is 0 Å². The second kappa shape index (κ2) is 17.4. The number of aromatic nitrogens is 1. The van der Waals surface area contributed by atoms with E-state index in [0.29, 0.717) is 89.2 Å². The molecule has 11 nitrogen and oxygen atoms in total. The lowest BCUT2D eigenvalue weighted by Crippen LogP contribution is -2.12. The van der Waals surface area contributed by atoms with E-state index in [1.807, 2.05) is 78.9 Å². The predicted molar refractivity (Wildman–Crippen MR) is 186 cm³/mol. The van der Waals surface area contributed by atoms with E-state index >= 15 is 0 Å². The minimum Gasteiger partial charge on any atom is -0.491 e. The first kappa shape index (κ1) is 34.0. The maximum Gasteiger partial charge on any atom is 0.219 e. The summed E-state index contributed by atoms with van der Waals surface area (Å²) in [4.78, 5) is 4.45. The SMILES string of the molecule is c1cc2cc(Oc3ccc(Oc4ccc5cc(OCCOCCOCC6CO6)ccc5c4)nc3)ccc2cc1OCCOCCOCC1CO1. The van der Waals surface area contributed by atoms with Crippen molar-refractivity contribution in [3.05, 3.63) is 91.1 Å². The van der Waals surface area contributed by atoms with Gasteiger partial charge in [0, 0.05) is 6.07 Å². The number of benzene rings is 4. The first-order valence-electron chi connectivity index (χ1n) is 16.9. The van der Waals surface area contributed by atoms with E-state index in [0.717, 1.165) is 46.3 Å². The number of pyridine rings is 1. The number of ether oxygens (including phenoxy) is 10. The zero-order valence-corrected chi connectivity index (χ0v) is 27.8. The topological polar surface area (TPSA) is 112 Å². The van der Waals surface area contributed by atoms with Crippen molar-refractivity contribution in [2.75, 3.05) is 79.3 Å². The van der Waals surface area contributed by atoms with Gasteiger partial charge in [-0.1, -0.05) is 24.3 Å². The van der Waals surface area contributed by atoms with E-state index in [4.69, 9.17) is 47.4 Å². The Morgan fingerprint density at radius 1 is 0.460 bits per heavy atom. The quantitative estimate of drug-likeness (QED) is 0.0582. The molecule has 11 heteroatoms. The Labute approximate surface area is 290 Å². The van der Waals surface area contributed by atoms with Gasteiger partial charge >= 0.3 is 0 Å². The van der Waals surface area contributed by atoms with Gasteiger partial charge in [0.05, 0.1) is 72.3 Å². The van der Waals surface area contributed by atoms with E-state index < -0.39 is 0 Å².